The minimum atomic E-state index is -3.66. The highest BCUT2D eigenvalue weighted by molar-refractivity contribution is 7.89. The summed E-state index contributed by atoms with van der Waals surface area (Å²) in [6.45, 7) is 9.99. The van der Waals surface area contributed by atoms with Gasteiger partial charge in [-0.1, -0.05) is 0 Å². The topological polar surface area (TPSA) is 93.0 Å². The molecule has 9 heteroatoms. The first kappa shape index (κ1) is 18.8. The molecule has 0 aliphatic carbocycles. The van der Waals surface area contributed by atoms with Crippen molar-refractivity contribution in [1.29, 1.82) is 0 Å². The molecule has 0 radical (unpaired) electrons. The van der Waals surface area contributed by atoms with Gasteiger partial charge in [0.05, 0.1) is 23.6 Å². The summed E-state index contributed by atoms with van der Waals surface area (Å²) in [6, 6.07) is 1.82. The lowest BCUT2D eigenvalue weighted by molar-refractivity contribution is 0.577. The van der Waals surface area contributed by atoms with Crippen molar-refractivity contribution in [2.45, 2.75) is 58.5 Å². The normalized spacial score (nSPS) is 15.0. The first-order valence-electron chi connectivity index (χ1n) is 8.95. The van der Waals surface area contributed by atoms with Crippen LogP contribution >= 0.6 is 0 Å². The molecule has 0 saturated carbocycles. The molecule has 142 valence electrons. The molecule has 1 aliphatic heterocycles. The molecule has 1 N–H and O–H groups in total. The Morgan fingerprint density at radius 2 is 1.85 bits per heavy atom. The summed E-state index contributed by atoms with van der Waals surface area (Å²) >= 11 is 0. The summed E-state index contributed by atoms with van der Waals surface area (Å²) in [5, 5.41) is 4.30. The van der Waals surface area contributed by atoms with Crippen LogP contribution in [0.2, 0.25) is 0 Å². The van der Waals surface area contributed by atoms with Crippen LogP contribution in [0.5, 0.6) is 0 Å². The van der Waals surface area contributed by atoms with E-state index >= 15 is 0 Å². The highest BCUT2D eigenvalue weighted by Gasteiger charge is 2.24. The van der Waals surface area contributed by atoms with E-state index < -0.39 is 10.0 Å². The maximum atomic E-state index is 12.8. The maximum absolute atomic E-state index is 12.8. The zero-order valence-electron chi connectivity index (χ0n) is 15.8. The van der Waals surface area contributed by atoms with Crippen LogP contribution in [0, 0.1) is 20.8 Å². The average molecular weight is 379 g/mol. The fraction of sp³-hybridized carbons (Fsp3) is 0.588. The molecule has 3 rings (SSSR count). The molecule has 0 spiro atoms. The van der Waals surface area contributed by atoms with Crippen molar-refractivity contribution in [1.82, 2.24) is 24.5 Å². The molecule has 1 fully saturated rings. The quantitative estimate of drug-likeness (QED) is 0.822. The summed E-state index contributed by atoms with van der Waals surface area (Å²) in [4.78, 5) is 11.4. The standard InChI is InChI=1S/C17H26N6O2S/c1-5-23-14(4)16(13(3)21-23)26(24,25)18-11-15-10-12(2)19-17(20-15)22-8-6-7-9-22/h10,18H,5-9,11H2,1-4H3. The number of nitrogens with zero attached hydrogens (tertiary/aromatic N) is 5. The van der Waals surface area contributed by atoms with Gasteiger partial charge in [0.15, 0.2) is 0 Å². The molecule has 0 bridgehead atoms. The summed E-state index contributed by atoms with van der Waals surface area (Å²) in [6.07, 6.45) is 2.28. The molecule has 0 amide bonds. The van der Waals surface area contributed by atoms with Crippen molar-refractivity contribution in [2.75, 3.05) is 18.0 Å². The molecule has 1 aliphatic rings. The predicted octanol–water partition coefficient (Wildman–Crippen LogP) is 1.70. The van der Waals surface area contributed by atoms with E-state index in [-0.39, 0.29) is 11.4 Å². The number of aryl methyl sites for hydroxylation is 3. The van der Waals surface area contributed by atoms with Gasteiger partial charge in [-0.15, -0.1) is 0 Å². The van der Waals surface area contributed by atoms with Gasteiger partial charge in [-0.05, 0) is 46.6 Å². The second-order valence-electron chi connectivity index (χ2n) is 6.64. The van der Waals surface area contributed by atoms with Crippen molar-refractivity contribution in [3.8, 4) is 0 Å². The lowest BCUT2D eigenvalue weighted by Gasteiger charge is -2.16. The molecule has 1 saturated heterocycles. The molecule has 2 aromatic rings. The van der Waals surface area contributed by atoms with Gasteiger partial charge in [-0.2, -0.15) is 5.10 Å². The second-order valence-corrected chi connectivity index (χ2v) is 8.34. The minimum absolute atomic E-state index is 0.128. The van der Waals surface area contributed by atoms with Crippen molar-refractivity contribution >= 4 is 16.0 Å². The number of rotatable bonds is 6. The fourth-order valence-corrected chi connectivity index (χ4v) is 4.79. The van der Waals surface area contributed by atoms with Crippen molar-refractivity contribution in [2.24, 2.45) is 0 Å². The van der Waals surface area contributed by atoms with Gasteiger partial charge in [0.2, 0.25) is 16.0 Å². The van der Waals surface area contributed by atoms with E-state index in [0.717, 1.165) is 31.6 Å². The van der Waals surface area contributed by atoms with E-state index in [9.17, 15) is 8.42 Å². The fourth-order valence-electron chi connectivity index (χ4n) is 3.38. The van der Waals surface area contributed by atoms with E-state index in [0.29, 0.717) is 29.6 Å². The third kappa shape index (κ3) is 3.73. The lowest BCUT2D eigenvalue weighted by Crippen LogP contribution is -2.26. The number of aromatic nitrogens is 4. The third-order valence-corrected chi connectivity index (χ3v) is 6.26. The van der Waals surface area contributed by atoms with E-state index in [2.05, 4.69) is 24.7 Å². The summed E-state index contributed by atoms with van der Waals surface area (Å²) < 4.78 is 29.9. The predicted molar refractivity (Wildman–Crippen MR) is 99.6 cm³/mol. The average Bonchev–Trinajstić information content (AvgIpc) is 3.21. The Kier molecular flexibility index (Phi) is 5.29. The van der Waals surface area contributed by atoms with E-state index in [1.165, 1.54) is 0 Å². The Balaban J connectivity index is 1.81. The second kappa shape index (κ2) is 7.32. The van der Waals surface area contributed by atoms with Gasteiger partial charge >= 0.3 is 0 Å². The lowest BCUT2D eigenvalue weighted by atomic mass is 10.3. The zero-order chi connectivity index (χ0) is 18.9. The van der Waals surface area contributed by atoms with Crippen molar-refractivity contribution in [3.05, 3.63) is 28.8 Å². The summed E-state index contributed by atoms with van der Waals surface area (Å²) in [5.74, 6) is 0.683. The Hall–Kier alpha value is -2.00. The number of nitrogens with one attached hydrogen (secondary N) is 1. The van der Waals surface area contributed by atoms with Crippen molar-refractivity contribution < 1.29 is 8.42 Å². The highest BCUT2D eigenvalue weighted by atomic mass is 32.2. The monoisotopic (exact) mass is 378 g/mol. The third-order valence-electron chi connectivity index (χ3n) is 4.61. The molecule has 8 nitrogen and oxygen atoms in total. The maximum Gasteiger partial charge on any atom is 0.244 e. The number of sulfonamides is 1. The van der Waals surface area contributed by atoms with Gasteiger partial charge in [0.25, 0.3) is 0 Å². The molecule has 0 aromatic carbocycles. The molecule has 26 heavy (non-hydrogen) atoms. The Morgan fingerprint density at radius 1 is 1.15 bits per heavy atom. The molecular weight excluding hydrogens is 352 g/mol. The summed E-state index contributed by atoms with van der Waals surface area (Å²) in [5.41, 5.74) is 2.66. The smallest absolute Gasteiger partial charge is 0.244 e. The molecule has 3 heterocycles. The Morgan fingerprint density at radius 3 is 2.46 bits per heavy atom. The van der Waals surface area contributed by atoms with E-state index in [1.54, 1.807) is 18.5 Å². The first-order valence-corrected chi connectivity index (χ1v) is 10.4. The van der Waals surface area contributed by atoms with Crippen LogP contribution in [-0.4, -0.2) is 41.3 Å². The van der Waals surface area contributed by atoms with Crippen LogP contribution in [0.3, 0.4) is 0 Å². The van der Waals surface area contributed by atoms with Crippen LogP contribution in [0.15, 0.2) is 11.0 Å². The van der Waals surface area contributed by atoms with Gasteiger partial charge < -0.3 is 4.90 Å². The van der Waals surface area contributed by atoms with E-state index in [1.807, 2.05) is 19.9 Å². The van der Waals surface area contributed by atoms with Gasteiger partial charge in [-0.3, -0.25) is 4.68 Å². The summed E-state index contributed by atoms with van der Waals surface area (Å²) in [7, 11) is -3.66. The molecular formula is C17H26N6O2S. The van der Waals surface area contributed by atoms with E-state index in [4.69, 9.17) is 0 Å². The highest BCUT2D eigenvalue weighted by Crippen LogP contribution is 2.20. The molecule has 0 atom stereocenters. The molecule has 2 aromatic heterocycles. The van der Waals surface area contributed by atoms with Crippen LogP contribution in [0.4, 0.5) is 5.95 Å². The van der Waals surface area contributed by atoms with Crippen LogP contribution in [-0.2, 0) is 23.1 Å². The van der Waals surface area contributed by atoms with Crippen LogP contribution < -0.4 is 9.62 Å². The number of hydrogen-bond acceptors (Lipinski definition) is 6. The zero-order valence-corrected chi connectivity index (χ0v) is 16.6. The van der Waals surface area contributed by atoms with Gasteiger partial charge in [0, 0.05) is 25.3 Å². The van der Waals surface area contributed by atoms with Gasteiger partial charge in [-0.25, -0.2) is 23.1 Å². The Bertz CT molecular complexity index is 900. The Labute approximate surface area is 154 Å². The number of hydrogen-bond donors (Lipinski definition) is 1. The first-order chi connectivity index (χ1) is 12.3. The van der Waals surface area contributed by atoms with Gasteiger partial charge in [0.1, 0.15) is 4.90 Å². The number of anilines is 1. The largest absolute Gasteiger partial charge is 0.341 e. The van der Waals surface area contributed by atoms with Crippen LogP contribution in [0.25, 0.3) is 0 Å². The van der Waals surface area contributed by atoms with Crippen molar-refractivity contribution in [3.63, 3.8) is 0 Å². The molecule has 0 unspecified atom stereocenters. The minimum Gasteiger partial charge on any atom is -0.341 e. The SMILES string of the molecule is CCn1nc(C)c(S(=O)(=O)NCc2cc(C)nc(N3CCCC3)n2)c1C. The van der Waals surface area contributed by atoms with Crippen LogP contribution in [0.1, 0.15) is 42.5 Å².